The molecule has 0 atom stereocenters. The molecule has 0 unspecified atom stereocenters. The number of allylic oxidation sites excluding steroid dienone is 1. The maximum absolute atomic E-state index is 4.47. The van der Waals surface area contributed by atoms with E-state index in [-0.39, 0.29) is 0 Å². The van der Waals surface area contributed by atoms with Gasteiger partial charge in [0.15, 0.2) is 0 Å². The zero-order valence-corrected chi connectivity index (χ0v) is 11.3. The number of aliphatic imine (C=N–C) groups is 1. The van der Waals surface area contributed by atoms with Crippen molar-refractivity contribution in [3.8, 4) is 0 Å². The first-order valence-electron chi connectivity index (χ1n) is 5.59. The quantitative estimate of drug-likeness (QED) is 0.675. The van der Waals surface area contributed by atoms with Gasteiger partial charge in [-0.05, 0) is 51.1 Å². The Labute approximate surface area is 99.1 Å². The van der Waals surface area contributed by atoms with E-state index >= 15 is 0 Å². The van der Waals surface area contributed by atoms with Crippen molar-refractivity contribution in [3.63, 3.8) is 0 Å². The van der Waals surface area contributed by atoms with E-state index in [1.807, 2.05) is 34.6 Å². The Bertz CT molecular complexity index is 404. The molecule has 0 aromatic carbocycles. The van der Waals surface area contributed by atoms with Crippen molar-refractivity contribution in [2.75, 3.05) is 0 Å². The molecule has 1 rings (SSSR count). The molecular formula is C14H22N2. The molecule has 16 heavy (non-hydrogen) atoms. The average molecular weight is 218 g/mol. The molecule has 0 bridgehead atoms. The summed E-state index contributed by atoms with van der Waals surface area (Å²) >= 11 is 0. The van der Waals surface area contributed by atoms with Crippen LogP contribution in [0.4, 0.5) is 5.69 Å². The Morgan fingerprint density at radius 1 is 1.12 bits per heavy atom. The molecule has 0 saturated heterocycles. The molecule has 0 spiro atoms. The van der Waals surface area contributed by atoms with E-state index in [1.165, 1.54) is 5.56 Å². The number of rotatable bonds is 2. The summed E-state index contributed by atoms with van der Waals surface area (Å²) in [5.74, 6) is 0. The second kappa shape index (κ2) is 6.21. The highest BCUT2D eigenvalue weighted by atomic mass is 14.8. The molecule has 2 heteroatoms. The molecule has 0 fully saturated rings. The van der Waals surface area contributed by atoms with Crippen molar-refractivity contribution in [1.29, 1.82) is 0 Å². The van der Waals surface area contributed by atoms with Crippen LogP contribution in [-0.2, 0) is 0 Å². The lowest BCUT2D eigenvalue weighted by Crippen LogP contribution is -1.97. The third kappa shape index (κ3) is 2.78. The first-order valence-corrected chi connectivity index (χ1v) is 5.59. The molecule has 1 heterocycles. The topological polar surface area (TPSA) is 25.2 Å². The molecule has 0 aliphatic rings. The maximum atomic E-state index is 4.47. The van der Waals surface area contributed by atoms with Gasteiger partial charge in [-0.25, -0.2) is 0 Å². The average Bonchev–Trinajstić information content (AvgIpc) is 2.28. The van der Waals surface area contributed by atoms with Gasteiger partial charge in [-0.3, -0.25) is 9.98 Å². The van der Waals surface area contributed by atoms with E-state index in [9.17, 15) is 0 Å². The largest absolute Gasteiger partial charge is 0.262 e. The van der Waals surface area contributed by atoms with Crippen molar-refractivity contribution >= 4 is 18.0 Å². The lowest BCUT2D eigenvalue weighted by molar-refractivity contribution is 1.09. The third-order valence-electron chi connectivity index (χ3n) is 2.53. The van der Waals surface area contributed by atoms with Gasteiger partial charge in [0, 0.05) is 5.69 Å². The van der Waals surface area contributed by atoms with Crippen molar-refractivity contribution in [3.05, 3.63) is 29.1 Å². The van der Waals surface area contributed by atoms with Crippen LogP contribution in [0.15, 0.2) is 11.6 Å². The maximum Gasteiger partial charge on any atom is 0.0915 e. The number of hydrogen-bond acceptors (Lipinski definition) is 2. The van der Waals surface area contributed by atoms with Crippen LogP contribution in [-0.4, -0.2) is 11.7 Å². The molecule has 0 amide bonds. The first kappa shape index (κ1) is 14.6. The van der Waals surface area contributed by atoms with Crippen LogP contribution in [0.25, 0.3) is 5.57 Å². The summed E-state index contributed by atoms with van der Waals surface area (Å²) < 4.78 is 0. The minimum absolute atomic E-state index is 0.862. The molecule has 1 aromatic heterocycles. The van der Waals surface area contributed by atoms with Crippen LogP contribution in [0.1, 0.15) is 43.3 Å². The van der Waals surface area contributed by atoms with Gasteiger partial charge >= 0.3 is 0 Å². The Hall–Kier alpha value is -1.44. The molecule has 2 nitrogen and oxygen atoms in total. The molecule has 0 aliphatic carbocycles. The third-order valence-corrected chi connectivity index (χ3v) is 2.53. The van der Waals surface area contributed by atoms with Gasteiger partial charge in [0.2, 0.25) is 0 Å². The van der Waals surface area contributed by atoms with Gasteiger partial charge in [0.05, 0.1) is 11.4 Å². The molecule has 0 aliphatic heterocycles. The minimum Gasteiger partial charge on any atom is -0.262 e. The first-order chi connectivity index (χ1) is 7.49. The number of aromatic nitrogens is 1. The highest BCUT2D eigenvalue weighted by Gasteiger charge is 2.11. The van der Waals surface area contributed by atoms with Crippen molar-refractivity contribution < 1.29 is 0 Å². The highest BCUT2D eigenvalue weighted by molar-refractivity contribution is 5.73. The van der Waals surface area contributed by atoms with Crippen LogP contribution in [0, 0.1) is 20.8 Å². The molecule has 88 valence electrons. The molecular weight excluding hydrogens is 196 g/mol. The second-order valence-corrected chi connectivity index (χ2v) is 3.58. The van der Waals surface area contributed by atoms with Gasteiger partial charge in [-0.1, -0.05) is 20.4 Å². The Kier molecular flexibility index (Phi) is 5.65. The van der Waals surface area contributed by atoms with Gasteiger partial charge < -0.3 is 0 Å². The van der Waals surface area contributed by atoms with Crippen LogP contribution >= 0.6 is 0 Å². The smallest absolute Gasteiger partial charge is 0.0915 e. The normalized spacial score (nSPS) is 9.12. The Balaban J connectivity index is 0.00000106. The highest BCUT2D eigenvalue weighted by Crippen LogP contribution is 2.30. The van der Waals surface area contributed by atoms with Crippen molar-refractivity contribution in [2.45, 2.75) is 41.5 Å². The van der Waals surface area contributed by atoms with Crippen molar-refractivity contribution in [1.82, 2.24) is 4.98 Å². The molecule has 0 radical (unpaired) electrons. The van der Waals surface area contributed by atoms with E-state index < -0.39 is 0 Å². The minimum atomic E-state index is 0.862. The summed E-state index contributed by atoms with van der Waals surface area (Å²) in [6.07, 6.45) is 0. The summed E-state index contributed by atoms with van der Waals surface area (Å²) in [5.41, 5.74) is 6.01. The van der Waals surface area contributed by atoms with Crippen LogP contribution < -0.4 is 0 Å². The SMILES string of the molecule is C=Nc1c(C(=C)C)nc(C)c(C)c1C.CC. The number of pyridine rings is 1. The molecule has 1 aromatic rings. The fraction of sp³-hybridized carbons (Fsp3) is 0.429. The Morgan fingerprint density at radius 3 is 2.00 bits per heavy atom. The zero-order chi connectivity index (χ0) is 12.9. The van der Waals surface area contributed by atoms with E-state index in [4.69, 9.17) is 0 Å². The summed E-state index contributed by atoms with van der Waals surface area (Å²) in [5, 5.41) is 0. The Morgan fingerprint density at radius 2 is 1.62 bits per heavy atom. The van der Waals surface area contributed by atoms with E-state index in [2.05, 4.69) is 30.2 Å². The van der Waals surface area contributed by atoms with E-state index in [0.29, 0.717) is 0 Å². The molecule has 0 N–H and O–H groups in total. The summed E-state index contributed by atoms with van der Waals surface area (Å²) in [6.45, 7) is 19.5. The van der Waals surface area contributed by atoms with Gasteiger partial charge in [-0.2, -0.15) is 0 Å². The van der Waals surface area contributed by atoms with Gasteiger partial charge in [0.25, 0.3) is 0 Å². The fourth-order valence-electron chi connectivity index (χ4n) is 1.42. The van der Waals surface area contributed by atoms with Gasteiger partial charge in [0.1, 0.15) is 0 Å². The standard InChI is InChI=1S/C12H16N2.C2H6/c1-7(2)11-12(13-6)9(4)8(3)10(5)14-11;1-2/h1,6H2,2-5H3;1-2H3. The lowest BCUT2D eigenvalue weighted by atomic mass is 10.0. The lowest BCUT2D eigenvalue weighted by Gasteiger charge is -2.12. The number of nitrogens with zero attached hydrogens (tertiary/aromatic N) is 2. The van der Waals surface area contributed by atoms with Crippen LogP contribution in [0.2, 0.25) is 0 Å². The zero-order valence-electron chi connectivity index (χ0n) is 11.3. The second-order valence-electron chi connectivity index (χ2n) is 3.58. The summed E-state index contributed by atoms with van der Waals surface area (Å²) in [4.78, 5) is 8.49. The fourth-order valence-corrected chi connectivity index (χ4v) is 1.42. The van der Waals surface area contributed by atoms with Crippen LogP contribution in [0.3, 0.4) is 0 Å². The monoisotopic (exact) mass is 218 g/mol. The predicted molar refractivity (Wildman–Crippen MR) is 73.7 cm³/mol. The number of aryl methyl sites for hydroxylation is 1. The summed E-state index contributed by atoms with van der Waals surface area (Å²) in [7, 11) is 0. The van der Waals surface area contributed by atoms with Crippen molar-refractivity contribution in [2.24, 2.45) is 4.99 Å². The summed E-state index contributed by atoms with van der Waals surface area (Å²) in [6, 6.07) is 0. The number of hydrogen-bond donors (Lipinski definition) is 0. The van der Waals surface area contributed by atoms with E-state index in [0.717, 1.165) is 28.2 Å². The van der Waals surface area contributed by atoms with Gasteiger partial charge in [-0.15, -0.1) is 0 Å². The van der Waals surface area contributed by atoms with Crippen LogP contribution in [0.5, 0.6) is 0 Å². The molecule has 0 saturated carbocycles. The van der Waals surface area contributed by atoms with E-state index in [1.54, 1.807) is 0 Å². The predicted octanol–water partition coefficient (Wildman–Crippen LogP) is 4.40.